The second-order valence-corrected chi connectivity index (χ2v) is 17.3. The van der Waals surface area contributed by atoms with E-state index in [1.54, 1.807) is 32.8 Å². The van der Waals surface area contributed by atoms with Crippen LogP contribution in [0.3, 0.4) is 0 Å². The topological polar surface area (TPSA) is 112 Å². The molecule has 0 bridgehead atoms. The maximum absolute atomic E-state index is 13.5. The van der Waals surface area contributed by atoms with E-state index in [9.17, 15) is 4.57 Å². The Labute approximate surface area is 303 Å². The summed E-state index contributed by atoms with van der Waals surface area (Å²) >= 11 is 3.60. The first-order valence-corrected chi connectivity index (χ1v) is 20.4. The van der Waals surface area contributed by atoms with Gasteiger partial charge in [-0.2, -0.15) is 4.98 Å². The Balaban J connectivity index is 1.22. The molecule has 11 nitrogen and oxygen atoms in total. The van der Waals surface area contributed by atoms with Gasteiger partial charge in [0.2, 0.25) is 5.95 Å². The van der Waals surface area contributed by atoms with Crippen LogP contribution in [0.5, 0.6) is 5.75 Å². The number of halogens is 1. The number of ether oxygens (including phenoxy) is 1. The van der Waals surface area contributed by atoms with Crippen LogP contribution in [0, 0.1) is 12.3 Å². The first kappa shape index (κ1) is 35.8. The lowest BCUT2D eigenvalue weighted by molar-refractivity contribution is 0.0982. The minimum atomic E-state index is -2.74. The van der Waals surface area contributed by atoms with Gasteiger partial charge >= 0.3 is 0 Å². The number of methoxy groups -OCH3 is 1. The molecule has 0 unspecified atom stereocenters. The molecule has 0 amide bonds. The molecule has 50 heavy (non-hydrogen) atoms. The van der Waals surface area contributed by atoms with Gasteiger partial charge in [-0.15, -0.1) is 6.42 Å². The highest BCUT2D eigenvalue weighted by Crippen LogP contribution is 2.41. The average molecular weight is 759 g/mol. The van der Waals surface area contributed by atoms with Crippen LogP contribution in [0.1, 0.15) is 31.0 Å². The molecule has 2 N–H and O–H groups in total. The fourth-order valence-electron chi connectivity index (χ4n) is 6.70. The van der Waals surface area contributed by atoms with Crippen molar-refractivity contribution in [3.05, 3.63) is 64.7 Å². The SMILES string of the molecule is C#Cc1cncc(-c2ccc(Nc3nc(Nc4cc(CC)c(N5CCC(N6CCN(C)CC6)CC5)cc4OC)ncc3Br)c(P(C)(C)=O)c2)n1. The van der Waals surface area contributed by atoms with Crippen LogP contribution >= 0.6 is 23.1 Å². The van der Waals surface area contributed by atoms with Crippen molar-refractivity contribution in [2.75, 3.05) is 82.3 Å². The number of nitrogens with one attached hydrogen (secondary N) is 2. The Kier molecular flexibility index (Phi) is 11.1. The number of aromatic nitrogens is 4. The van der Waals surface area contributed by atoms with Crippen LogP contribution in [0.2, 0.25) is 0 Å². The Hall–Kier alpha value is -4.01. The first-order chi connectivity index (χ1) is 24.1. The third kappa shape index (κ3) is 8.13. The molecule has 0 saturated carbocycles. The quantitative estimate of drug-likeness (QED) is 0.143. The lowest BCUT2D eigenvalue weighted by Crippen LogP contribution is -2.52. The Morgan fingerprint density at radius 1 is 1.00 bits per heavy atom. The number of piperazine rings is 1. The molecule has 0 radical (unpaired) electrons. The number of likely N-dealkylation sites (N-methyl/N-ethyl adjacent to an activating group) is 1. The second kappa shape index (κ2) is 15.5. The lowest BCUT2D eigenvalue weighted by Gasteiger charge is -2.43. The summed E-state index contributed by atoms with van der Waals surface area (Å²) in [6.07, 6.45) is 13.6. The second-order valence-electron chi connectivity index (χ2n) is 13.2. The van der Waals surface area contributed by atoms with Gasteiger partial charge in [-0.25, -0.2) is 9.97 Å². The predicted molar refractivity (Wildman–Crippen MR) is 207 cm³/mol. The van der Waals surface area contributed by atoms with Crippen molar-refractivity contribution in [1.82, 2.24) is 29.7 Å². The minimum absolute atomic E-state index is 0.396. The molecule has 2 saturated heterocycles. The molecule has 0 aliphatic carbocycles. The monoisotopic (exact) mass is 757 g/mol. The normalized spacial score (nSPS) is 16.2. The van der Waals surface area contributed by atoms with E-state index in [0.29, 0.717) is 44.7 Å². The summed E-state index contributed by atoms with van der Waals surface area (Å²) in [7, 11) is 1.16. The van der Waals surface area contributed by atoms with Gasteiger partial charge < -0.3 is 29.7 Å². The zero-order valence-corrected chi connectivity index (χ0v) is 31.9. The lowest BCUT2D eigenvalue weighted by atomic mass is 9.99. The number of piperidine rings is 1. The standard InChI is InChI=1S/C37H45BrN9O2P/c1-7-25-19-31(34(49-4)21-33(25)47-13-11-28(12-14-47)46-17-15-45(3)16-18-46)43-37-40-23-29(38)36(44-37)42-30-10-9-26(20-35(30)50(5,6)48)32-24-39-22-27(8-2)41-32/h2,9-10,19-24,28H,7,11-18H2,1,3-6H3,(H2,40,42,43,44). The number of terminal acetylenes is 1. The Bertz CT molecular complexity index is 1930. The first-order valence-electron chi connectivity index (χ1n) is 17.0. The fraction of sp³-hybridized carbons (Fsp3) is 0.405. The average Bonchev–Trinajstić information content (AvgIpc) is 3.13. The molecule has 262 valence electrons. The number of hydrogen-bond donors (Lipinski definition) is 2. The number of benzene rings is 2. The largest absolute Gasteiger partial charge is 0.494 e. The molecule has 2 aromatic heterocycles. The summed E-state index contributed by atoms with van der Waals surface area (Å²) in [6, 6.07) is 10.6. The molecule has 2 aliphatic heterocycles. The molecule has 13 heteroatoms. The molecule has 4 heterocycles. The molecular weight excluding hydrogens is 713 g/mol. The number of anilines is 5. The smallest absolute Gasteiger partial charge is 0.229 e. The third-order valence-electron chi connectivity index (χ3n) is 9.54. The molecule has 4 aromatic rings. The van der Waals surface area contributed by atoms with E-state index < -0.39 is 7.14 Å². The van der Waals surface area contributed by atoms with Crippen LogP contribution in [-0.2, 0) is 11.0 Å². The molecule has 2 fully saturated rings. The van der Waals surface area contributed by atoms with Crippen LogP contribution in [0.25, 0.3) is 11.3 Å². The summed E-state index contributed by atoms with van der Waals surface area (Å²) in [5, 5.41) is 7.44. The minimum Gasteiger partial charge on any atom is -0.494 e. The zero-order valence-electron chi connectivity index (χ0n) is 29.4. The van der Waals surface area contributed by atoms with E-state index in [2.05, 4.69) is 88.2 Å². The number of hydrogen-bond acceptors (Lipinski definition) is 11. The molecule has 2 aliphatic rings. The number of nitrogens with zero attached hydrogens (tertiary/aromatic N) is 7. The molecule has 0 spiro atoms. The van der Waals surface area contributed by atoms with E-state index in [0.717, 1.165) is 62.7 Å². The molecule has 2 aromatic carbocycles. The Morgan fingerprint density at radius 3 is 2.44 bits per heavy atom. The van der Waals surface area contributed by atoms with E-state index in [1.807, 2.05) is 18.2 Å². The summed E-state index contributed by atoms with van der Waals surface area (Å²) in [5.74, 6) is 4.17. The summed E-state index contributed by atoms with van der Waals surface area (Å²) < 4.78 is 20.1. The van der Waals surface area contributed by atoms with E-state index in [1.165, 1.54) is 30.3 Å². The highest BCUT2D eigenvalue weighted by atomic mass is 79.9. The summed E-state index contributed by atoms with van der Waals surface area (Å²) in [5.41, 5.74) is 5.74. The Morgan fingerprint density at radius 2 is 1.76 bits per heavy atom. The highest BCUT2D eigenvalue weighted by Gasteiger charge is 2.28. The van der Waals surface area contributed by atoms with Crippen molar-refractivity contribution < 1.29 is 9.30 Å². The van der Waals surface area contributed by atoms with Gasteiger partial charge in [0.25, 0.3) is 0 Å². The molecular formula is C37H45BrN9O2P. The number of aryl methyl sites for hydroxylation is 1. The van der Waals surface area contributed by atoms with Crippen molar-refractivity contribution >= 4 is 57.2 Å². The van der Waals surface area contributed by atoms with Gasteiger partial charge in [0.1, 0.15) is 24.4 Å². The predicted octanol–water partition coefficient (Wildman–Crippen LogP) is 6.20. The van der Waals surface area contributed by atoms with Gasteiger partial charge in [-0.1, -0.05) is 13.0 Å². The maximum atomic E-state index is 13.5. The van der Waals surface area contributed by atoms with Gasteiger partial charge in [0.15, 0.2) is 0 Å². The van der Waals surface area contributed by atoms with Crippen LogP contribution in [-0.4, -0.2) is 103 Å². The van der Waals surface area contributed by atoms with E-state index >= 15 is 0 Å². The van der Waals surface area contributed by atoms with Crippen LogP contribution in [0.4, 0.5) is 28.8 Å². The van der Waals surface area contributed by atoms with Gasteiger partial charge in [0.05, 0.1) is 41.0 Å². The van der Waals surface area contributed by atoms with Crippen molar-refractivity contribution in [2.24, 2.45) is 0 Å². The van der Waals surface area contributed by atoms with Gasteiger partial charge in [-0.3, -0.25) is 9.88 Å². The van der Waals surface area contributed by atoms with Crippen LogP contribution in [0.15, 0.2) is 53.4 Å². The van der Waals surface area contributed by atoms with Crippen molar-refractivity contribution in [1.29, 1.82) is 0 Å². The highest BCUT2D eigenvalue weighted by molar-refractivity contribution is 9.10. The van der Waals surface area contributed by atoms with Crippen molar-refractivity contribution in [2.45, 2.75) is 32.2 Å². The van der Waals surface area contributed by atoms with Crippen LogP contribution < -0.4 is 25.6 Å². The van der Waals surface area contributed by atoms with Crippen molar-refractivity contribution in [3.8, 4) is 29.4 Å². The summed E-state index contributed by atoms with van der Waals surface area (Å²) in [6.45, 7) is 12.3. The number of rotatable bonds is 10. The summed E-state index contributed by atoms with van der Waals surface area (Å²) in [4.78, 5) is 25.7. The maximum Gasteiger partial charge on any atom is 0.229 e. The van der Waals surface area contributed by atoms with Gasteiger partial charge in [-0.05, 0) is 85.3 Å². The van der Waals surface area contributed by atoms with Gasteiger partial charge in [0, 0.05) is 74.1 Å². The zero-order chi connectivity index (χ0) is 35.4. The molecule has 6 rings (SSSR count). The fourth-order valence-corrected chi connectivity index (χ4v) is 8.15. The van der Waals surface area contributed by atoms with E-state index in [-0.39, 0.29) is 0 Å². The molecule has 0 atom stereocenters. The van der Waals surface area contributed by atoms with E-state index in [4.69, 9.17) is 16.1 Å². The van der Waals surface area contributed by atoms with Crippen molar-refractivity contribution in [3.63, 3.8) is 0 Å². The third-order valence-corrected chi connectivity index (χ3v) is 11.7.